The number of rotatable bonds is 13. The highest BCUT2D eigenvalue weighted by Crippen LogP contribution is 2.43. The number of nitrogens with zero attached hydrogens (tertiary/aromatic N) is 1. The van der Waals surface area contributed by atoms with Crippen molar-refractivity contribution in [3.63, 3.8) is 0 Å². The number of ether oxygens (including phenoxy) is 4. The monoisotopic (exact) mass is 604 g/mol. The van der Waals surface area contributed by atoms with Crippen LogP contribution >= 0.6 is 0 Å². The van der Waals surface area contributed by atoms with Crippen LogP contribution in [0.5, 0.6) is 5.75 Å². The Hall–Kier alpha value is -4.94. The Morgan fingerprint density at radius 3 is 2.23 bits per heavy atom. The van der Waals surface area contributed by atoms with Crippen molar-refractivity contribution in [1.82, 2.24) is 5.32 Å². The fourth-order valence-electron chi connectivity index (χ4n) is 5.03. The number of nitrogens with one attached hydrogen (secondary N) is 3. The number of carbonyl (C=O) groups excluding carboxylic acids is 4. The first-order valence-corrected chi connectivity index (χ1v) is 14.1. The first-order valence-electron chi connectivity index (χ1n) is 14.1. The maximum absolute atomic E-state index is 14.4. The minimum atomic E-state index is -1.78. The number of fused-ring (bicyclic) bond motifs is 1. The molecule has 1 aliphatic heterocycles. The number of hydrogen-bond acceptors (Lipinski definition) is 8. The summed E-state index contributed by atoms with van der Waals surface area (Å²) < 4.78 is 21.4. The predicted molar refractivity (Wildman–Crippen MR) is 164 cm³/mol. The lowest BCUT2D eigenvalue weighted by Crippen LogP contribution is -2.56. The fraction of sp³-hybridized carbons (Fsp3) is 0.312. The lowest BCUT2D eigenvalue weighted by molar-refractivity contribution is -0.138. The van der Waals surface area contributed by atoms with Gasteiger partial charge in [-0.25, -0.2) is 9.59 Å². The third-order valence-corrected chi connectivity index (χ3v) is 6.97. The smallest absolute Gasteiger partial charge is 0.337 e. The molecule has 0 fully saturated rings. The molecule has 0 aromatic heterocycles. The number of hydrogen-bond donors (Lipinski definition) is 3. The second kappa shape index (κ2) is 14.5. The van der Waals surface area contributed by atoms with Gasteiger partial charge < -0.3 is 39.8 Å². The van der Waals surface area contributed by atoms with E-state index in [0.29, 0.717) is 47.2 Å². The van der Waals surface area contributed by atoms with Gasteiger partial charge in [0.05, 0.1) is 38.4 Å². The molecule has 3 aromatic carbocycles. The summed E-state index contributed by atoms with van der Waals surface area (Å²) in [6.45, 7) is 4.40. The molecule has 1 unspecified atom stereocenters. The number of amides is 4. The molecular weight excluding hydrogens is 568 g/mol. The Bertz CT molecular complexity index is 1490. The van der Waals surface area contributed by atoms with Crippen molar-refractivity contribution in [3.05, 3.63) is 83.9 Å². The highest BCUT2D eigenvalue weighted by molar-refractivity contribution is 6.13. The van der Waals surface area contributed by atoms with Crippen molar-refractivity contribution in [3.8, 4) is 5.75 Å². The van der Waals surface area contributed by atoms with Crippen molar-refractivity contribution < 1.29 is 38.1 Å². The SMILES string of the molecule is CCOC(CN1C(=O)C(CC(=O)Nc2ccc(C(=O)OC)cc2)(NC(=O)Nc2cccc(OC)c2)c2ccccc21)OCC. The predicted octanol–water partition coefficient (Wildman–Crippen LogP) is 4.27. The van der Waals surface area contributed by atoms with Crippen LogP contribution in [0.1, 0.15) is 36.2 Å². The van der Waals surface area contributed by atoms with Crippen LogP contribution in [-0.2, 0) is 29.3 Å². The van der Waals surface area contributed by atoms with Gasteiger partial charge >= 0.3 is 12.0 Å². The van der Waals surface area contributed by atoms with Crippen LogP contribution in [0.2, 0.25) is 0 Å². The second-order valence-corrected chi connectivity index (χ2v) is 9.78. The van der Waals surface area contributed by atoms with Crippen LogP contribution in [0.15, 0.2) is 72.8 Å². The Morgan fingerprint density at radius 2 is 1.57 bits per heavy atom. The summed E-state index contributed by atoms with van der Waals surface area (Å²) in [6, 6.07) is 19.1. The average molecular weight is 605 g/mol. The Labute approximate surface area is 255 Å². The van der Waals surface area contributed by atoms with Crippen molar-refractivity contribution in [1.29, 1.82) is 0 Å². The summed E-state index contributed by atoms with van der Waals surface area (Å²) in [4.78, 5) is 54.7. The standard InChI is InChI=1S/C32H36N4O8/c1-5-43-28(44-6-2)20-36-26-13-8-7-12-25(26)32(30(36)39,35-31(40)34-23-10-9-11-24(18-23)41-3)19-27(37)33-22-16-14-21(15-17-22)29(38)42-4/h7-18,28H,5-6,19-20H2,1-4H3,(H,33,37)(H2,34,35,40). The van der Waals surface area contributed by atoms with Crippen LogP contribution in [-0.4, -0.2) is 64.1 Å². The maximum atomic E-state index is 14.4. The highest BCUT2D eigenvalue weighted by atomic mass is 16.7. The van der Waals surface area contributed by atoms with Crippen molar-refractivity contribution in [2.45, 2.75) is 32.1 Å². The van der Waals surface area contributed by atoms with Gasteiger partial charge in [0.1, 0.15) is 5.75 Å². The summed E-state index contributed by atoms with van der Waals surface area (Å²) in [5.41, 5.74) is 0.301. The number of benzene rings is 3. The maximum Gasteiger partial charge on any atom is 0.337 e. The first-order chi connectivity index (χ1) is 21.2. The van der Waals surface area contributed by atoms with E-state index < -0.39 is 42.1 Å². The zero-order valence-electron chi connectivity index (χ0n) is 25.0. The summed E-state index contributed by atoms with van der Waals surface area (Å²) in [7, 11) is 2.79. The van der Waals surface area contributed by atoms with Crippen LogP contribution in [0.4, 0.5) is 21.9 Å². The summed E-state index contributed by atoms with van der Waals surface area (Å²) >= 11 is 0. The molecule has 3 aromatic rings. The van der Waals surface area contributed by atoms with Gasteiger partial charge in [-0.15, -0.1) is 0 Å². The average Bonchev–Trinajstić information content (AvgIpc) is 3.23. The zero-order chi connectivity index (χ0) is 31.7. The number of urea groups is 1. The molecule has 44 heavy (non-hydrogen) atoms. The minimum Gasteiger partial charge on any atom is -0.497 e. The van der Waals surface area contributed by atoms with Gasteiger partial charge in [-0.2, -0.15) is 0 Å². The second-order valence-electron chi connectivity index (χ2n) is 9.78. The normalized spacial score (nSPS) is 15.5. The zero-order valence-corrected chi connectivity index (χ0v) is 25.0. The summed E-state index contributed by atoms with van der Waals surface area (Å²) in [5, 5.41) is 8.31. The quantitative estimate of drug-likeness (QED) is 0.194. The van der Waals surface area contributed by atoms with E-state index in [1.54, 1.807) is 60.7 Å². The van der Waals surface area contributed by atoms with E-state index in [1.165, 1.54) is 31.3 Å². The van der Waals surface area contributed by atoms with Crippen LogP contribution in [0.3, 0.4) is 0 Å². The van der Waals surface area contributed by atoms with Crippen molar-refractivity contribution in [2.24, 2.45) is 0 Å². The van der Waals surface area contributed by atoms with E-state index in [0.717, 1.165) is 0 Å². The number of para-hydroxylation sites is 1. The van der Waals surface area contributed by atoms with Gasteiger partial charge in [-0.3, -0.25) is 9.59 Å². The molecular formula is C32H36N4O8. The molecule has 1 aliphatic rings. The van der Waals surface area contributed by atoms with E-state index in [2.05, 4.69) is 16.0 Å². The molecule has 12 heteroatoms. The topological polar surface area (TPSA) is 145 Å². The Kier molecular flexibility index (Phi) is 10.5. The molecule has 4 rings (SSSR count). The fourth-order valence-corrected chi connectivity index (χ4v) is 5.03. The van der Waals surface area contributed by atoms with E-state index in [4.69, 9.17) is 18.9 Å². The van der Waals surface area contributed by atoms with Gasteiger partial charge in [0.15, 0.2) is 11.8 Å². The molecule has 0 saturated carbocycles. The van der Waals surface area contributed by atoms with E-state index in [9.17, 15) is 19.2 Å². The molecule has 1 atom stereocenters. The van der Waals surface area contributed by atoms with Crippen LogP contribution in [0.25, 0.3) is 0 Å². The molecule has 0 bridgehead atoms. The summed E-state index contributed by atoms with van der Waals surface area (Å²) in [5.74, 6) is -1.06. The van der Waals surface area contributed by atoms with Gasteiger partial charge in [-0.05, 0) is 56.3 Å². The number of carbonyl (C=O) groups is 4. The van der Waals surface area contributed by atoms with Crippen LogP contribution < -0.4 is 25.6 Å². The molecule has 3 N–H and O–H groups in total. The van der Waals surface area contributed by atoms with E-state index >= 15 is 0 Å². The lowest BCUT2D eigenvalue weighted by atomic mass is 9.87. The largest absolute Gasteiger partial charge is 0.497 e. The van der Waals surface area contributed by atoms with Crippen LogP contribution in [0, 0.1) is 0 Å². The molecule has 0 spiro atoms. The highest BCUT2D eigenvalue weighted by Gasteiger charge is 2.53. The summed E-state index contributed by atoms with van der Waals surface area (Å²) in [6.07, 6.45) is -1.16. The molecule has 1 heterocycles. The molecule has 4 amide bonds. The van der Waals surface area contributed by atoms with Gasteiger partial charge in [0.2, 0.25) is 5.91 Å². The van der Waals surface area contributed by atoms with Gasteiger partial charge in [-0.1, -0.05) is 24.3 Å². The van der Waals surface area contributed by atoms with Crippen molar-refractivity contribution >= 4 is 40.9 Å². The third kappa shape index (κ3) is 7.16. The van der Waals surface area contributed by atoms with E-state index in [1.807, 2.05) is 13.8 Å². The molecule has 232 valence electrons. The number of methoxy groups -OCH3 is 2. The van der Waals surface area contributed by atoms with E-state index in [-0.39, 0.29) is 6.54 Å². The Balaban J connectivity index is 1.68. The lowest BCUT2D eigenvalue weighted by Gasteiger charge is -2.30. The third-order valence-electron chi connectivity index (χ3n) is 6.97. The Morgan fingerprint density at radius 1 is 0.864 bits per heavy atom. The van der Waals surface area contributed by atoms with Crippen molar-refractivity contribution in [2.75, 3.05) is 49.5 Å². The minimum absolute atomic E-state index is 0.0368. The number of esters is 1. The molecule has 0 aliphatic carbocycles. The first kappa shape index (κ1) is 32.0. The number of anilines is 3. The van der Waals surface area contributed by atoms with Gasteiger partial charge in [0, 0.05) is 36.2 Å². The molecule has 0 radical (unpaired) electrons. The van der Waals surface area contributed by atoms with Gasteiger partial charge in [0.25, 0.3) is 5.91 Å². The molecule has 12 nitrogen and oxygen atoms in total. The molecule has 0 saturated heterocycles.